The molecule has 0 fully saturated rings. The van der Waals surface area contributed by atoms with E-state index in [1.165, 1.54) is 0 Å². The predicted octanol–water partition coefficient (Wildman–Crippen LogP) is 5.61. The summed E-state index contributed by atoms with van der Waals surface area (Å²) in [4.78, 5) is 16.5. The van der Waals surface area contributed by atoms with Crippen LogP contribution >= 0.6 is 11.8 Å². The van der Waals surface area contributed by atoms with Crippen LogP contribution in [0.1, 0.15) is 21.5 Å². The molecular weight excluding hydrogens is 385 g/mol. The molecule has 0 spiro atoms. The summed E-state index contributed by atoms with van der Waals surface area (Å²) in [6.45, 7) is 0. The van der Waals surface area contributed by atoms with Crippen LogP contribution in [-0.2, 0) is 6.18 Å². The Hall–Kier alpha value is -3.11. The van der Waals surface area contributed by atoms with Crippen molar-refractivity contribution in [1.82, 2.24) is 4.98 Å². The number of carbonyl (C=O) groups is 1. The van der Waals surface area contributed by atoms with Gasteiger partial charge in [0.1, 0.15) is 11.1 Å². The molecule has 28 heavy (non-hydrogen) atoms. The second-order valence-corrected chi connectivity index (χ2v) is 6.75. The second kappa shape index (κ2) is 8.28. The van der Waals surface area contributed by atoms with Crippen molar-refractivity contribution in [3.8, 4) is 17.3 Å². The fourth-order valence-electron chi connectivity index (χ4n) is 2.56. The molecule has 0 N–H and O–H groups in total. The van der Waals surface area contributed by atoms with Crippen LogP contribution in [0.3, 0.4) is 0 Å². The molecule has 1 heterocycles. The van der Waals surface area contributed by atoms with Gasteiger partial charge in [0.15, 0.2) is 5.78 Å². The molecule has 3 rings (SSSR count). The Kier molecular flexibility index (Phi) is 5.81. The van der Waals surface area contributed by atoms with Gasteiger partial charge in [0, 0.05) is 11.1 Å². The van der Waals surface area contributed by atoms with Gasteiger partial charge in [-0.2, -0.15) is 18.4 Å². The monoisotopic (exact) mass is 398 g/mol. The van der Waals surface area contributed by atoms with Crippen LogP contribution in [0.4, 0.5) is 13.2 Å². The van der Waals surface area contributed by atoms with Gasteiger partial charge in [-0.25, -0.2) is 4.98 Å². The highest BCUT2D eigenvalue weighted by Crippen LogP contribution is 2.38. The van der Waals surface area contributed by atoms with E-state index in [0.717, 1.165) is 17.8 Å². The zero-order chi connectivity index (χ0) is 20.1. The number of thioether (sulfide) groups is 1. The highest BCUT2D eigenvalue weighted by molar-refractivity contribution is 8.00. The summed E-state index contributed by atoms with van der Waals surface area (Å²) in [5.74, 6) is -0.378. The first-order valence-corrected chi connectivity index (χ1v) is 9.17. The Morgan fingerprint density at radius 2 is 1.64 bits per heavy atom. The van der Waals surface area contributed by atoms with E-state index in [4.69, 9.17) is 0 Å². The lowest BCUT2D eigenvalue weighted by atomic mass is 10.1. The molecular formula is C21H13F3N2OS. The predicted molar refractivity (Wildman–Crippen MR) is 101 cm³/mol. The van der Waals surface area contributed by atoms with Crippen molar-refractivity contribution in [2.45, 2.75) is 11.2 Å². The molecule has 1 aromatic heterocycles. The van der Waals surface area contributed by atoms with Crippen molar-refractivity contribution >= 4 is 17.5 Å². The molecule has 0 saturated heterocycles. The smallest absolute Gasteiger partial charge is 0.293 e. The quantitative estimate of drug-likeness (QED) is 0.414. The Morgan fingerprint density at radius 1 is 1.04 bits per heavy atom. The van der Waals surface area contributed by atoms with Gasteiger partial charge < -0.3 is 0 Å². The lowest BCUT2D eigenvalue weighted by molar-refractivity contribution is -0.138. The molecule has 140 valence electrons. The zero-order valence-electron chi connectivity index (χ0n) is 14.4. The van der Waals surface area contributed by atoms with Gasteiger partial charge in [0.05, 0.1) is 22.6 Å². The van der Waals surface area contributed by atoms with E-state index in [-0.39, 0.29) is 22.3 Å². The Bertz CT molecular complexity index is 1030. The molecule has 0 aliphatic rings. The van der Waals surface area contributed by atoms with E-state index in [1.54, 1.807) is 66.7 Å². The van der Waals surface area contributed by atoms with E-state index < -0.39 is 17.3 Å². The number of aromatic nitrogens is 1. The van der Waals surface area contributed by atoms with E-state index >= 15 is 0 Å². The molecule has 0 unspecified atom stereocenters. The minimum atomic E-state index is -4.71. The van der Waals surface area contributed by atoms with Gasteiger partial charge in [0.25, 0.3) is 0 Å². The highest BCUT2D eigenvalue weighted by atomic mass is 32.2. The number of hydrogen-bond acceptors (Lipinski definition) is 4. The summed E-state index contributed by atoms with van der Waals surface area (Å²) in [5.41, 5.74) is -0.587. The maximum Gasteiger partial charge on any atom is 0.417 e. The van der Waals surface area contributed by atoms with Crippen molar-refractivity contribution in [3.05, 3.63) is 83.4 Å². The van der Waals surface area contributed by atoms with E-state index in [9.17, 15) is 23.2 Å². The minimum Gasteiger partial charge on any atom is -0.293 e. The van der Waals surface area contributed by atoms with E-state index in [0.29, 0.717) is 11.1 Å². The molecule has 2 aromatic carbocycles. The summed E-state index contributed by atoms with van der Waals surface area (Å²) in [7, 11) is 0. The molecule has 0 atom stereocenters. The number of nitrogens with zero attached hydrogens (tertiary/aromatic N) is 2. The minimum absolute atomic E-state index is 0.0987. The standard InChI is InChI=1S/C21H13F3N2OS/c22-21(23,24)17-11-18(14-7-3-1-4-8-14)26-20(16(17)12-25)28-13-19(27)15-9-5-2-6-10-15/h1-11H,13H2. The van der Waals surface area contributed by atoms with Gasteiger partial charge in [0.2, 0.25) is 0 Å². The molecule has 0 saturated carbocycles. The zero-order valence-corrected chi connectivity index (χ0v) is 15.2. The molecule has 3 nitrogen and oxygen atoms in total. The Balaban J connectivity index is 2.01. The molecule has 3 aromatic rings. The maximum absolute atomic E-state index is 13.5. The van der Waals surface area contributed by atoms with Crippen molar-refractivity contribution in [2.24, 2.45) is 0 Å². The first-order valence-electron chi connectivity index (χ1n) is 8.19. The summed E-state index contributed by atoms with van der Waals surface area (Å²) < 4.78 is 40.6. The van der Waals surface area contributed by atoms with Crippen LogP contribution in [0.5, 0.6) is 0 Å². The third kappa shape index (κ3) is 4.41. The number of halogens is 3. The van der Waals surface area contributed by atoms with Gasteiger partial charge in [-0.05, 0) is 6.07 Å². The largest absolute Gasteiger partial charge is 0.417 e. The molecule has 0 amide bonds. The SMILES string of the molecule is N#Cc1c(C(F)(F)F)cc(-c2ccccc2)nc1SCC(=O)c1ccccc1. The van der Waals surface area contributed by atoms with E-state index in [1.807, 2.05) is 0 Å². The lowest BCUT2D eigenvalue weighted by Crippen LogP contribution is -2.11. The highest BCUT2D eigenvalue weighted by Gasteiger charge is 2.36. The Labute approximate surface area is 163 Å². The van der Waals surface area contributed by atoms with Crippen LogP contribution in [0.25, 0.3) is 11.3 Å². The summed E-state index contributed by atoms with van der Waals surface area (Å²) in [5, 5.41) is 9.21. The van der Waals surface area contributed by atoms with Crippen molar-refractivity contribution < 1.29 is 18.0 Å². The number of nitriles is 1. The third-order valence-electron chi connectivity index (χ3n) is 3.91. The fourth-order valence-corrected chi connectivity index (χ4v) is 3.45. The first-order chi connectivity index (χ1) is 13.4. The fraction of sp³-hybridized carbons (Fsp3) is 0.0952. The van der Waals surface area contributed by atoms with Crippen molar-refractivity contribution in [2.75, 3.05) is 5.75 Å². The summed E-state index contributed by atoms with van der Waals surface area (Å²) in [6, 6.07) is 19.3. The van der Waals surface area contributed by atoms with Crippen LogP contribution in [0.2, 0.25) is 0 Å². The normalized spacial score (nSPS) is 11.1. The topological polar surface area (TPSA) is 53.8 Å². The number of Topliss-reactive ketones (excluding diaryl/α,β-unsaturated/α-hetero) is 1. The van der Waals surface area contributed by atoms with Gasteiger partial charge in [-0.1, -0.05) is 72.4 Å². The van der Waals surface area contributed by atoms with E-state index in [2.05, 4.69) is 4.98 Å². The number of alkyl halides is 3. The summed E-state index contributed by atoms with van der Waals surface area (Å²) >= 11 is 0.831. The second-order valence-electron chi connectivity index (χ2n) is 5.79. The molecule has 0 aliphatic carbocycles. The summed E-state index contributed by atoms with van der Waals surface area (Å²) in [6.07, 6.45) is -4.71. The van der Waals surface area contributed by atoms with Gasteiger partial charge >= 0.3 is 6.18 Å². The lowest BCUT2D eigenvalue weighted by Gasteiger charge is -2.14. The van der Waals surface area contributed by atoms with Crippen molar-refractivity contribution in [1.29, 1.82) is 5.26 Å². The molecule has 0 aliphatic heterocycles. The maximum atomic E-state index is 13.5. The number of carbonyl (C=O) groups excluding carboxylic acids is 1. The Morgan fingerprint density at radius 3 is 2.21 bits per heavy atom. The van der Waals surface area contributed by atoms with Crippen LogP contribution < -0.4 is 0 Å². The van der Waals surface area contributed by atoms with Gasteiger partial charge in [-0.15, -0.1) is 0 Å². The first kappa shape index (κ1) is 19.6. The molecule has 0 bridgehead atoms. The average molecular weight is 398 g/mol. The number of ketones is 1. The number of pyridine rings is 1. The number of rotatable bonds is 5. The number of hydrogen-bond donors (Lipinski definition) is 0. The van der Waals surface area contributed by atoms with Gasteiger partial charge in [-0.3, -0.25) is 4.79 Å². The van der Waals surface area contributed by atoms with Crippen LogP contribution in [0.15, 0.2) is 71.8 Å². The van der Waals surface area contributed by atoms with Crippen LogP contribution in [-0.4, -0.2) is 16.5 Å². The molecule has 0 radical (unpaired) electrons. The average Bonchev–Trinajstić information content (AvgIpc) is 2.71. The molecule has 7 heteroatoms. The number of benzene rings is 2. The van der Waals surface area contributed by atoms with Crippen LogP contribution in [0, 0.1) is 11.3 Å². The third-order valence-corrected chi connectivity index (χ3v) is 4.88. The van der Waals surface area contributed by atoms with Crippen molar-refractivity contribution in [3.63, 3.8) is 0 Å².